The normalized spacial score (nSPS) is 33.6. The van der Waals surface area contributed by atoms with Gasteiger partial charge in [0.15, 0.2) is 0 Å². The Labute approximate surface area is 58.6 Å². The van der Waals surface area contributed by atoms with Gasteiger partial charge in [-0.25, -0.2) is 0 Å². The van der Waals surface area contributed by atoms with Crippen LogP contribution in [0.4, 0.5) is 8.78 Å². The van der Waals surface area contributed by atoms with Crippen molar-refractivity contribution in [1.82, 2.24) is 5.32 Å². The quantitative estimate of drug-likeness (QED) is 0.635. The maximum absolute atomic E-state index is 11.6. The topological polar surface area (TPSA) is 21.3 Å². The van der Waals surface area contributed by atoms with E-state index in [1.807, 2.05) is 6.92 Å². The molecule has 1 fully saturated rings. The summed E-state index contributed by atoms with van der Waals surface area (Å²) < 4.78 is 27.4. The molecule has 0 aliphatic carbocycles. The second-order valence-electron chi connectivity index (χ2n) is 2.56. The van der Waals surface area contributed by atoms with Crippen molar-refractivity contribution in [3.05, 3.63) is 0 Å². The first-order valence-electron chi connectivity index (χ1n) is 3.35. The van der Waals surface area contributed by atoms with Crippen LogP contribution in [0.2, 0.25) is 0 Å². The lowest BCUT2D eigenvalue weighted by molar-refractivity contribution is -0.157. The second-order valence-corrected chi connectivity index (χ2v) is 2.56. The summed E-state index contributed by atoms with van der Waals surface area (Å²) in [6.45, 7) is -0.127. The fourth-order valence-electron chi connectivity index (χ4n) is 1.14. The molecule has 0 saturated carbocycles. The average Bonchev–Trinajstić information content (AvgIpc) is 2.13. The van der Waals surface area contributed by atoms with Crippen LogP contribution in [-0.2, 0) is 4.74 Å². The van der Waals surface area contributed by atoms with E-state index < -0.39 is 6.61 Å². The minimum absolute atomic E-state index is 0.296. The molecule has 0 bridgehead atoms. The molecule has 1 aliphatic heterocycles. The van der Waals surface area contributed by atoms with Crippen LogP contribution in [0.1, 0.15) is 13.3 Å². The highest BCUT2D eigenvalue weighted by Gasteiger charge is 2.23. The van der Waals surface area contributed by atoms with Crippen LogP contribution in [0.5, 0.6) is 0 Å². The molecule has 0 unspecified atom stereocenters. The monoisotopic (exact) mass is 151 g/mol. The summed E-state index contributed by atoms with van der Waals surface area (Å²) >= 11 is 0. The fraction of sp³-hybridized carbons (Fsp3) is 1.00. The van der Waals surface area contributed by atoms with Gasteiger partial charge in [0.1, 0.15) is 0 Å². The maximum Gasteiger partial charge on any atom is 0.345 e. The zero-order valence-corrected chi connectivity index (χ0v) is 5.81. The van der Waals surface area contributed by atoms with E-state index in [1.165, 1.54) is 0 Å². The molecule has 0 radical (unpaired) electrons. The van der Waals surface area contributed by atoms with E-state index in [2.05, 4.69) is 10.1 Å². The Balaban J connectivity index is 2.18. The molecule has 0 aromatic carbocycles. The molecule has 1 aliphatic rings. The third kappa shape index (κ3) is 2.19. The van der Waals surface area contributed by atoms with Gasteiger partial charge in [-0.3, -0.25) is 0 Å². The van der Waals surface area contributed by atoms with Gasteiger partial charge in [0, 0.05) is 12.6 Å². The third-order valence-electron chi connectivity index (χ3n) is 1.61. The Morgan fingerprint density at radius 2 is 2.30 bits per heavy atom. The summed E-state index contributed by atoms with van der Waals surface area (Å²) in [6, 6.07) is 0.309. The maximum atomic E-state index is 11.6. The molecule has 2 nitrogen and oxygen atoms in total. The summed E-state index contributed by atoms with van der Waals surface area (Å²) in [5.41, 5.74) is 0. The second kappa shape index (κ2) is 3.25. The lowest BCUT2D eigenvalue weighted by atomic mass is 10.2. The van der Waals surface area contributed by atoms with Gasteiger partial charge in [-0.05, 0) is 13.3 Å². The molecule has 1 saturated heterocycles. The van der Waals surface area contributed by atoms with E-state index in [-0.39, 0.29) is 6.10 Å². The SMILES string of the molecule is C[C@@H]1C[C@@H](OC(F)F)CN1. The predicted octanol–water partition coefficient (Wildman–Crippen LogP) is 0.976. The van der Waals surface area contributed by atoms with Gasteiger partial charge in [0.05, 0.1) is 6.10 Å². The molecule has 0 aromatic rings. The summed E-state index contributed by atoms with van der Waals surface area (Å²) in [5, 5.41) is 3.02. The van der Waals surface area contributed by atoms with Crippen LogP contribution < -0.4 is 5.32 Å². The van der Waals surface area contributed by atoms with Crippen LogP contribution >= 0.6 is 0 Å². The van der Waals surface area contributed by atoms with Crippen LogP contribution in [0.25, 0.3) is 0 Å². The standard InChI is InChI=1S/C6H11F2NO/c1-4-2-5(3-9-4)10-6(7)8/h4-6,9H,2-3H2,1H3/t4-,5-/m1/s1. The van der Waals surface area contributed by atoms with Crippen molar-refractivity contribution in [3.63, 3.8) is 0 Å². The molecule has 2 atom stereocenters. The van der Waals surface area contributed by atoms with Crippen molar-refractivity contribution in [2.45, 2.75) is 32.1 Å². The minimum atomic E-state index is -2.63. The molecule has 10 heavy (non-hydrogen) atoms. The van der Waals surface area contributed by atoms with Crippen LogP contribution in [0.15, 0.2) is 0 Å². The number of nitrogens with one attached hydrogen (secondary N) is 1. The van der Waals surface area contributed by atoms with Gasteiger partial charge in [0.25, 0.3) is 0 Å². The molecule has 0 spiro atoms. The smallest absolute Gasteiger partial charge is 0.318 e. The van der Waals surface area contributed by atoms with Gasteiger partial charge in [-0.2, -0.15) is 8.78 Å². The number of rotatable bonds is 2. The molecule has 0 aromatic heterocycles. The van der Waals surface area contributed by atoms with Crippen LogP contribution in [-0.4, -0.2) is 25.3 Å². The number of hydrogen-bond acceptors (Lipinski definition) is 2. The number of ether oxygens (including phenoxy) is 1. The summed E-state index contributed by atoms with van der Waals surface area (Å²) in [5.74, 6) is 0. The van der Waals surface area contributed by atoms with Crippen molar-refractivity contribution in [2.75, 3.05) is 6.54 Å². The van der Waals surface area contributed by atoms with Gasteiger partial charge < -0.3 is 10.1 Å². The summed E-state index contributed by atoms with van der Waals surface area (Å²) in [4.78, 5) is 0. The molecule has 60 valence electrons. The van der Waals surface area contributed by atoms with E-state index >= 15 is 0 Å². The Morgan fingerprint density at radius 3 is 2.70 bits per heavy atom. The largest absolute Gasteiger partial charge is 0.345 e. The van der Waals surface area contributed by atoms with Crippen molar-refractivity contribution >= 4 is 0 Å². The predicted molar refractivity (Wildman–Crippen MR) is 33.0 cm³/mol. The lowest BCUT2D eigenvalue weighted by Crippen LogP contribution is -2.20. The first-order valence-corrected chi connectivity index (χ1v) is 3.35. The first kappa shape index (κ1) is 7.88. The van der Waals surface area contributed by atoms with Gasteiger partial charge in [0.2, 0.25) is 0 Å². The zero-order chi connectivity index (χ0) is 7.56. The summed E-state index contributed by atoms with van der Waals surface area (Å²) in [6.07, 6.45) is 0.389. The summed E-state index contributed by atoms with van der Waals surface area (Å²) in [7, 11) is 0. The van der Waals surface area contributed by atoms with Crippen molar-refractivity contribution in [1.29, 1.82) is 0 Å². The van der Waals surface area contributed by atoms with E-state index in [9.17, 15) is 8.78 Å². The Morgan fingerprint density at radius 1 is 1.60 bits per heavy atom. The number of alkyl halides is 2. The van der Waals surface area contributed by atoms with Gasteiger partial charge in [-0.1, -0.05) is 0 Å². The van der Waals surface area contributed by atoms with Gasteiger partial charge in [-0.15, -0.1) is 0 Å². The zero-order valence-electron chi connectivity index (χ0n) is 5.81. The van der Waals surface area contributed by atoms with Gasteiger partial charge >= 0.3 is 6.61 Å². The van der Waals surface area contributed by atoms with E-state index in [1.54, 1.807) is 0 Å². The highest BCUT2D eigenvalue weighted by molar-refractivity contribution is 4.78. The van der Waals surface area contributed by atoms with Crippen molar-refractivity contribution in [2.24, 2.45) is 0 Å². The Kier molecular flexibility index (Phi) is 2.56. The van der Waals surface area contributed by atoms with Crippen molar-refractivity contribution in [3.8, 4) is 0 Å². The third-order valence-corrected chi connectivity index (χ3v) is 1.61. The Hall–Kier alpha value is -0.220. The Bertz CT molecular complexity index is 110. The highest BCUT2D eigenvalue weighted by Crippen LogP contribution is 2.12. The first-order chi connectivity index (χ1) is 4.68. The molecule has 1 N–H and O–H groups in total. The lowest BCUT2D eigenvalue weighted by Gasteiger charge is -2.07. The van der Waals surface area contributed by atoms with Crippen molar-refractivity contribution < 1.29 is 13.5 Å². The average molecular weight is 151 g/mol. The van der Waals surface area contributed by atoms with Crippen LogP contribution in [0, 0.1) is 0 Å². The molecule has 1 heterocycles. The molecular formula is C6H11F2NO. The molecule has 1 rings (SSSR count). The molecular weight excluding hydrogens is 140 g/mol. The minimum Gasteiger partial charge on any atom is -0.318 e. The number of halogens is 2. The molecule has 4 heteroatoms. The molecule has 0 amide bonds. The fourth-order valence-corrected chi connectivity index (χ4v) is 1.14. The van der Waals surface area contributed by atoms with Crippen LogP contribution in [0.3, 0.4) is 0 Å². The van der Waals surface area contributed by atoms with E-state index in [0.29, 0.717) is 19.0 Å². The highest BCUT2D eigenvalue weighted by atomic mass is 19.3. The number of hydrogen-bond donors (Lipinski definition) is 1. The van der Waals surface area contributed by atoms with E-state index in [4.69, 9.17) is 0 Å². The van der Waals surface area contributed by atoms with E-state index in [0.717, 1.165) is 0 Å².